The topological polar surface area (TPSA) is 62.3 Å². The van der Waals surface area contributed by atoms with Crippen LogP contribution >= 0.6 is 11.3 Å². The first-order chi connectivity index (χ1) is 12.2. The van der Waals surface area contributed by atoms with Gasteiger partial charge in [0.15, 0.2) is 5.13 Å². The average Bonchev–Trinajstić information content (AvgIpc) is 3.23. The monoisotopic (exact) mass is 351 g/mol. The smallest absolute Gasteiger partial charge is 0.230 e. The van der Waals surface area contributed by atoms with Gasteiger partial charge in [0.05, 0.1) is 12.1 Å². The van der Waals surface area contributed by atoms with Crippen LogP contribution in [0.2, 0.25) is 0 Å². The van der Waals surface area contributed by atoms with Crippen LogP contribution in [-0.4, -0.2) is 23.3 Å². The Morgan fingerprint density at radius 2 is 2.04 bits per heavy atom. The molecule has 0 aliphatic carbocycles. The van der Waals surface area contributed by atoms with Crippen molar-refractivity contribution in [2.75, 3.05) is 16.8 Å². The minimum absolute atomic E-state index is 0.111. The number of nitrogens with zero attached hydrogens (tertiary/aromatic N) is 2. The van der Waals surface area contributed by atoms with Gasteiger partial charge < -0.3 is 5.32 Å². The zero-order valence-corrected chi connectivity index (χ0v) is 14.4. The van der Waals surface area contributed by atoms with Gasteiger partial charge in [-0.05, 0) is 29.3 Å². The van der Waals surface area contributed by atoms with Crippen LogP contribution in [0.15, 0.2) is 47.8 Å². The van der Waals surface area contributed by atoms with Gasteiger partial charge >= 0.3 is 0 Å². The summed E-state index contributed by atoms with van der Waals surface area (Å²) in [7, 11) is 0. The molecule has 3 aromatic rings. The predicted octanol–water partition coefficient (Wildman–Crippen LogP) is 3.60. The quantitative estimate of drug-likeness (QED) is 0.781. The Bertz CT molecular complexity index is 951. The lowest BCUT2D eigenvalue weighted by molar-refractivity contribution is -0.117. The van der Waals surface area contributed by atoms with Crippen LogP contribution in [0.1, 0.15) is 18.5 Å². The second kappa shape index (κ2) is 6.64. The third kappa shape index (κ3) is 3.39. The largest absolute Gasteiger partial charge is 0.326 e. The number of amides is 2. The van der Waals surface area contributed by atoms with Crippen LogP contribution in [0.25, 0.3) is 10.8 Å². The highest BCUT2D eigenvalue weighted by Gasteiger charge is 2.24. The molecule has 126 valence electrons. The maximum absolute atomic E-state index is 12.3. The highest BCUT2D eigenvalue weighted by Crippen LogP contribution is 2.25. The van der Waals surface area contributed by atoms with Crippen molar-refractivity contribution in [3.05, 3.63) is 53.5 Å². The molecule has 0 radical (unpaired) electrons. The van der Waals surface area contributed by atoms with Gasteiger partial charge in [0.25, 0.3) is 0 Å². The number of carbonyl (C=O) groups excluding carboxylic acids is 2. The third-order valence-corrected chi connectivity index (χ3v) is 5.13. The Labute approximate surface area is 149 Å². The molecule has 1 aliphatic rings. The summed E-state index contributed by atoms with van der Waals surface area (Å²) < 4.78 is 0. The average molecular weight is 351 g/mol. The highest BCUT2D eigenvalue weighted by molar-refractivity contribution is 7.14. The van der Waals surface area contributed by atoms with E-state index in [-0.39, 0.29) is 18.2 Å². The van der Waals surface area contributed by atoms with Crippen LogP contribution < -0.4 is 10.2 Å². The van der Waals surface area contributed by atoms with Gasteiger partial charge in [0.2, 0.25) is 11.8 Å². The van der Waals surface area contributed by atoms with E-state index in [9.17, 15) is 9.59 Å². The van der Waals surface area contributed by atoms with Crippen molar-refractivity contribution < 1.29 is 9.59 Å². The summed E-state index contributed by atoms with van der Waals surface area (Å²) >= 11 is 1.41. The van der Waals surface area contributed by atoms with Gasteiger partial charge in [-0.2, -0.15) is 0 Å². The molecule has 1 aliphatic heterocycles. The number of benzene rings is 2. The molecule has 2 heterocycles. The van der Waals surface area contributed by atoms with Crippen molar-refractivity contribution in [2.45, 2.75) is 19.3 Å². The van der Waals surface area contributed by atoms with Crippen LogP contribution in [0.5, 0.6) is 0 Å². The normalized spacial score (nSPS) is 14.2. The maximum Gasteiger partial charge on any atom is 0.230 e. The van der Waals surface area contributed by atoms with E-state index in [0.717, 1.165) is 29.4 Å². The lowest BCUT2D eigenvalue weighted by atomic mass is 10.1. The van der Waals surface area contributed by atoms with Gasteiger partial charge in [-0.15, -0.1) is 11.3 Å². The fraction of sp³-hybridized carbons (Fsp3) is 0.211. The number of hydrogen-bond donors (Lipinski definition) is 1. The summed E-state index contributed by atoms with van der Waals surface area (Å²) in [6.45, 7) is 0.717. The SMILES string of the molecule is O=C(Cc1csc(N2CCCC2=O)n1)Nc1ccc2ccccc2c1. The van der Waals surface area contributed by atoms with Crippen LogP contribution in [-0.2, 0) is 16.0 Å². The lowest BCUT2D eigenvalue weighted by Gasteiger charge is -2.10. The van der Waals surface area contributed by atoms with Gasteiger partial charge in [-0.1, -0.05) is 30.3 Å². The second-order valence-electron chi connectivity index (χ2n) is 6.06. The van der Waals surface area contributed by atoms with Gasteiger partial charge in [-0.3, -0.25) is 14.5 Å². The first-order valence-electron chi connectivity index (χ1n) is 8.22. The van der Waals surface area contributed by atoms with Crippen molar-refractivity contribution in [3.63, 3.8) is 0 Å². The Morgan fingerprint density at radius 3 is 2.84 bits per heavy atom. The number of rotatable bonds is 4. The summed E-state index contributed by atoms with van der Waals surface area (Å²) in [5, 5.41) is 7.68. The molecular formula is C19H17N3O2S. The minimum Gasteiger partial charge on any atom is -0.326 e. The zero-order valence-electron chi connectivity index (χ0n) is 13.6. The summed E-state index contributed by atoms with van der Waals surface area (Å²) in [5.74, 6) is 0.00129. The molecule has 6 heteroatoms. The second-order valence-corrected chi connectivity index (χ2v) is 6.89. The van der Waals surface area contributed by atoms with Crippen molar-refractivity contribution in [1.82, 2.24) is 4.98 Å². The summed E-state index contributed by atoms with van der Waals surface area (Å²) in [6.07, 6.45) is 1.65. The summed E-state index contributed by atoms with van der Waals surface area (Å²) in [4.78, 5) is 30.2. The molecule has 0 spiro atoms. The van der Waals surface area contributed by atoms with E-state index >= 15 is 0 Å². The van der Waals surface area contributed by atoms with E-state index in [4.69, 9.17) is 0 Å². The fourth-order valence-corrected chi connectivity index (χ4v) is 3.86. The molecule has 25 heavy (non-hydrogen) atoms. The Balaban J connectivity index is 1.43. The van der Waals surface area contributed by atoms with Gasteiger partial charge in [0.1, 0.15) is 0 Å². The number of nitrogens with one attached hydrogen (secondary N) is 1. The summed E-state index contributed by atoms with van der Waals surface area (Å²) in [6, 6.07) is 13.9. The molecule has 1 aromatic heterocycles. The number of anilines is 2. The van der Waals surface area contributed by atoms with Crippen LogP contribution in [0, 0.1) is 0 Å². The van der Waals surface area contributed by atoms with Crippen molar-refractivity contribution in [1.29, 1.82) is 0 Å². The molecule has 0 atom stereocenters. The zero-order chi connectivity index (χ0) is 17.2. The van der Waals surface area contributed by atoms with E-state index < -0.39 is 0 Å². The molecule has 5 nitrogen and oxygen atoms in total. The molecule has 2 aromatic carbocycles. The van der Waals surface area contributed by atoms with Gasteiger partial charge in [0, 0.05) is 24.0 Å². The number of aromatic nitrogens is 1. The maximum atomic E-state index is 12.3. The predicted molar refractivity (Wildman–Crippen MR) is 100.0 cm³/mol. The lowest BCUT2D eigenvalue weighted by Crippen LogP contribution is -2.23. The van der Waals surface area contributed by atoms with E-state index in [1.807, 2.05) is 47.8 Å². The van der Waals surface area contributed by atoms with Gasteiger partial charge in [-0.25, -0.2) is 4.98 Å². The van der Waals surface area contributed by atoms with E-state index in [1.165, 1.54) is 11.3 Å². The first-order valence-corrected chi connectivity index (χ1v) is 9.10. The molecule has 2 amide bonds. The van der Waals surface area contributed by atoms with Crippen molar-refractivity contribution in [3.8, 4) is 0 Å². The number of fused-ring (bicyclic) bond motifs is 1. The molecule has 1 N–H and O–H groups in total. The van der Waals surface area contributed by atoms with Crippen molar-refractivity contribution >= 4 is 44.7 Å². The Hall–Kier alpha value is -2.73. The first kappa shape index (κ1) is 15.8. The van der Waals surface area contributed by atoms with Crippen LogP contribution in [0.3, 0.4) is 0 Å². The molecule has 1 fully saturated rings. The van der Waals surface area contributed by atoms with E-state index in [0.29, 0.717) is 17.2 Å². The molecule has 0 unspecified atom stereocenters. The Kier molecular flexibility index (Phi) is 4.19. The highest BCUT2D eigenvalue weighted by atomic mass is 32.1. The van der Waals surface area contributed by atoms with E-state index in [2.05, 4.69) is 10.3 Å². The molecule has 1 saturated heterocycles. The number of carbonyl (C=O) groups is 2. The number of thiazole rings is 1. The number of hydrogen-bond acceptors (Lipinski definition) is 4. The third-order valence-electron chi connectivity index (χ3n) is 4.22. The molecule has 0 saturated carbocycles. The molecular weight excluding hydrogens is 334 g/mol. The summed E-state index contributed by atoms with van der Waals surface area (Å²) in [5.41, 5.74) is 1.46. The Morgan fingerprint density at radius 1 is 1.20 bits per heavy atom. The minimum atomic E-state index is -0.111. The molecule has 0 bridgehead atoms. The standard InChI is InChI=1S/C19H17N3O2S/c23-17(20-15-8-7-13-4-1-2-5-14(13)10-15)11-16-12-25-19(21-16)22-9-3-6-18(22)24/h1-2,4-5,7-8,10,12H,3,6,9,11H2,(H,20,23). The molecule has 4 rings (SSSR count). The van der Waals surface area contributed by atoms with E-state index in [1.54, 1.807) is 4.90 Å². The van der Waals surface area contributed by atoms with Crippen molar-refractivity contribution in [2.24, 2.45) is 0 Å². The fourth-order valence-electron chi connectivity index (χ4n) is 2.99. The van der Waals surface area contributed by atoms with Crippen LogP contribution in [0.4, 0.5) is 10.8 Å².